The first kappa shape index (κ1) is 11.3. The summed E-state index contributed by atoms with van der Waals surface area (Å²) in [6.07, 6.45) is 0. The van der Waals surface area contributed by atoms with E-state index in [0.29, 0.717) is 12.6 Å². The largest absolute Gasteiger partial charge is 0.341 e. The standard InChI is InChI=1S/C9H15BrN4S/c1-13-2-3-14(7(4-11)5-13)9-12-8(10)6-15-9/h6-7H,2-5,11H2,1H3. The number of nitrogens with two attached hydrogens (primary N) is 1. The Bertz CT molecular complexity index is 330. The number of hydrogen-bond donors (Lipinski definition) is 1. The average Bonchev–Trinajstić information content (AvgIpc) is 2.64. The van der Waals surface area contributed by atoms with Crippen LogP contribution in [0.3, 0.4) is 0 Å². The zero-order valence-electron chi connectivity index (χ0n) is 8.69. The number of likely N-dealkylation sites (N-methyl/N-ethyl adjacent to an activating group) is 1. The molecule has 15 heavy (non-hydrogen) atoms. The van der Waals surface area contributed by atoms with Gasteiger partial charge in [0.2, 0.25) is 0 Å². The minimum Gasteiger partial charge on any atom is -0.341 e. The molecule has 1 aliphatic heterocycles. The zero-order valence-corrected chi connectivity index (χ0v) is 11.1. The highest BCUT2D eigenvalue weighted by Gasteiger charge is 2.25. The second kappa shape index (κ2) is 4.78. The molecular formula is C9H15BrN4S. The molecule has 4 nitrogen and oxygen atoms in total. The van der Waals surface area contributed by atoms with Crippen LogP contribution in [0.25, 0.3) is 0 Å². The van der Waals surface area contributed by atoms with Gasteiger partial charge in [-0.2, -0.15) is 0 Å². The summed E-state index contributed by atoms with van der Waals surface area (Å²) < 4.78 is 0.914. The van der Waals surface area contributed by atoms with Crippen LogP contribution in [0.5, 0.6) is 0 Å². The van der Waals surface area contributed by atoms with Crippen molar-refractivity contribution in [2.24, 2.45) is 5.73 Å². The Morgan fingerprint density at radius 3 is 3.07 bits per heavy atom. The highest BCUT2D eigenvalue weighted by atomic mass is 79.9. The van der Waals surface area contributed by atoms with E-state index >= 15 is 0 Å². The molecule has 0 bridgehead atoms. The summed E-state index contributed by atoms with van der Waals surface area (Å²) in [5.74, 6) is 0. The number of aromatic nitrogens is 1. The number of anilines is 1. The third kappa shape index (κ3) is 2.50. The molecule has 2 N–H and O–H groups in total. The molecule has 0 saturated carbocycles. The van der Waals surface area contributed by atoms with Gasteiger partial charge in [0, 0.05) is 31.6 Å². The molecule has 2 rings (SSSR count). The van der Waals surface area contributed by atoms with Crippen molar-refractivity contribution in [3.63, 3.8) is 0 Å². The molecule has 1 unspecified atom stereocenters. The molecule has 1 saturated heterocycles. The predicted octanol–water partition coefficient (Wildman–Crippen LogP) is 0.985. The summed E-state index contributed by atoms with van der Waals surface area (Å²) >= 11 is 5.05. The van der Waals surface area contributed by atoms with Gasteiger partial charge in [0.15, 0.2) is 5.13 Å². The summed E-state index contributed by atoms with van der Waals surface area (Å²) in [7, 11) is 2.14. The first-order valence-corrected chi connectivity index (χ1v) is 6.64. The van der Waals surface area contributed by atoms with Crippen molar-refractivity contribution in [1.29, 1.82) is 0 Å². The van der Waals surface area contributed by atoms with E-state index in [-0.39, 0.29) is 0 Å². The normalized spacial score (nSPS) is 23.4. The lowest BCUT2D eigenvalue weighted by atomic mass is 10.2. The molecule has 1 aromatic heterocycles. The van der Waals surface area contributed by atoms with E-state index in [0.717, 1.165) is 29.4 Å². The van der Waals surface area contributed by atoms with Gasteiger partial charge in [-0.15, -0.1) is 11.3 Å². The van der Waals surface area contributed by atoms with Crippen molar-refractivity contribution < 1.29 is 0 Å². The Kier molecular flexibility index (Phi) is 3.60. The molecular weight excluding hydrogens is 276 g/mol. The first-order chi connectivity index (χ1) is 7.20. The van der Waals surface area contributed by atoms with Crippen LogP contribution in [0.2, 0.25) is 0 Å². The summed E-state index contributed by atoms with van der Waals surface area (Å²) in [6.45, 7) is 3.79. The summed E-state index contributed by atoms with van der Waals surface area (Å²) in [6, 6.07) is 0.391. The van der Waals surface area contributed by atoms with E-state index in [4.69, 9.17) is 5.73 Å². The highest BCUT2D eigenvalue weighted by molar-refractivity contribution is 9.10. The molecule has 2 heterocycles. The number of halogens is 1. The van der Waals surface area contributed by atoms with Crippen molar-refractivity contribution >= 4 is 32.4 Å². The Morgan fingerprint density at radius 1 is 1.67 bits per heavy atom. The van der Waals surface area contributed by atoms with E-state index in [1.54, 1.807) is 11.3 Å². The zero-order chi connectivity index (χ0) is 10.8. The molecule has 84 valence electrons. The molecule has 0 spiro atoms. The Balaban J connectivity index is 2.13. The SMILES string of the molecule is CN1CCN(c2nc(Br)cs2)C(CN)C1. The Hall–Kier alpha value is -0.170. The van der Waals surface area contributed by atoms with Crippen LogP contribution in [0.4, 0.5) is 5.13 Å². The van der Waals surface area contributed by atoms with E-state index in [2.05, 4.69) is 37.8 Å². The highest BCUT2D eigenvalue weighted by Crippen LogP contribution is 2.26. The van der Waals surface area contributed by atoms with Gasteiger partial charge in [0.05, 0.1) is 6.04 Å². The number of rotatable bonds is 2. The molecule has 1 aliphatic rings. The molecule has 0 amide bonds. The lowest BCUT2D eigenvalue weighted by Gasteiger charge is -2.39. The first-order valence-electron chi connectivity index (χ1n) is 4.97. The van der Waals surface area contributed by atoms with Gasteiger partial charge in [0.1, 0.15) is 4.60 Å². The maximum absolute atomic E-state index is 5.80. The number of hydrogen-bond acceptors (Lipinski definition) is 5. The fraction of sp³-hybridized carbons (Fsp3) is 0.667. The monoisotopic (exact) mass is 290 g/mol. The van der Waals surface area contributed by atoms with Crippen LogP contribution >= 0.6 is 27.3 Å². The molecule has 6 heteroatoms. The van der Waals surface area contributed by atoms with Crippen molar-refractivity contribution in [2.75, 3.05) is 38.1 Å². The topological polar surface area (TPSA) is 45.4 Å². The van der Waals surface area contributed by atoms with Crippen LogP contribution in [0.15, 0.2) is 9.98 Å². The Labute approximate surface area is 102 Å². The maximum Gasteiger partial charge on any atom is 0.186 e. The summed E-state index contributed by atoms with van der Waals surface area (Å²) in [4.78, 5) is 9.08. The van der Waals surface area contributed by atoms with Crippen LogP contribution in [-0.4, -0.2) is 49.2 Å². The average molecular weight is 291 g/mol. The van der Waals surface area contributed by atoms with Gasteiger partial charge >= 0.3 is 0 Å². The van der Waals surface area contributed by atoms with Gasteiger partial charge in [-0.05, 0) is 23.0 Å². The number of nitrogens with zero attached hydrogens (tertiary/aromatic N) is 3. The molecule has 0 aromatic carbocycles. The molecule has 1 atom stereocenters. The minimum atomic E-state index is 0.391. The van der Waals surface area contributed by atoms with Crippen LogP contribution in [0, 0.1) is 0 Å². The molecule has 0 aliphatic carbocycles. The summed E-state index contributed by atoms with van der Waals surface area (Å²) in [5, 5.41) is 3.09. The van der Waals surface area contributed by atoms with Gasteiger partial charge in [0.25, 0.3) is 0 Å². The predicted molar refractivity (Wildman–Crippen MR) is 67.5 cm³/mol. The lowest BCUT2D eigenvalue weighted by molar-refractivity contribution is 0.269. The maximum atomic E-state index is 5.80. The van der Waals surface area contributed by atoms with Crippen LogP contribution < -0.4 is 10.6 Å². The molecule has 0 radical (unpaired) electrons. The van der Waals surface area contributed by atoms with Crippen molar-refractivity contribution in [3.8, 4) is 0 Å². The molecule has 1 fully saturated rings. The molecule has 1 aromatic rings. The lowest BCUT2D eigenvalue weighted by Crippen LogP contribution is -2.55. The fourth-order valence-corrected chi connectivity index (χ4v) is 3.19. The quantitative estimate of drug-likeness (QED) is 0.882. The summed E-state index contributed by atoms with van der Waals surface area (Å²) in [5.41, 5.74) is 5.80. The number of thiazole rings is 1. The van der Waals surface area contributed by atoms with Gasteiger partial charge in [-0.3, -0.25) is 0 Å². The number of piperazine rings is 1. The van der Waals surface area contributed by atoms with Crippen molar-refractivity contribution in [2.45, 2.75) is 6.04 Å². The minimum absolute atomic E-state index is 0.391. The van der Waals surface area contributed by atoms with Crippen LogP contribution in [-0.2, 0) is 0 Å². The second-order valence-electron chi connectivity index (χ2n) is 3.80. The van der Waals surface area contributed by atoms with Gasteiger partial charge < -0.3 is 15.5 Å². The van der Waals surface area contributed by atoms with E-state index in [1.165, 1.54) is 0 Å². The van der Waals surface area contributed by atoms with E-state index in [9.17, 15) is 0 Å². The van der Waals surface area contributed by atoms with E-state index in [1.807, 2.05) is 5.38 Å². The van der Waals surface area contributed by atoms with Crippen molar-refractivity contribution in [1.82, 2.24) is 9.88 Å². The third-order valence-electron chi connectivity index (χ3n) is 2.67. The smallest absolute Gasteiger partial charge is 0.186 e. The van der Waals surface area contributed by atoms with E-state index < -0.39 is 0 Å². The fourth-order valence-electron chi connectivity index (χ4n) is 1.84. The Morgan fingerprint density at radius 2 is 2.47 bits per heavy atom. The second-order valence-corrected chi connectivity index (χ2v) is 5.45. The van der Waals surface area contributed by atoms with Crippen LogP contribution in [0.1, 0.15) is 0 Å². The van der Waals surface area contributed by atoms with Gasteiger partial charge in [-0.1, -0.05) is 0 Å². The van der Waals surface area contributed by atoms with Gasteiger partial charge in [-0.25, -0.2) is 4.98 Å². The van der Waals surface area contributed by atoms with Crippen molar-refractivity contribution in [3.05, 3.63) is 9.98 Å². The third-order valence-corrected chi connectivity index (χ3v) is 4.25.